The van der Waals surface area contributed by atoms with E-state index in [2.05, 4.69) is 64.0 Å². The lowest BCUT2D eigenvalue weighted by atomic mass is 9.79. The molecule has 0 aromatic heterocycles. The molecule has 1 aromatic rings. The van der Waals surface area contributed by atoms with Crippen molar-refractivity contribution in [2.75, 3.05) is 13.1 Å². The van der Waals surface area contributed by atoms with Crippen molar-refractivity contribution in [1.82, 2.24) is 10.2 Å². The second kappa shape index (κ2) is 6.97. The van der Waals surface area contributed by atoms with Crippen LogP contribution in [0.5, 0.6) is 0 Å². The van der Waals surface area contributed by atoms with E-state index in [1.165, 1.54) is 60.7 Å². The maximum atomic E-state index is 3.92. The molecular formula is C18H27IN2. The summed E-state index contributed by atoms with van der Waals surface area (Å²) in [6, 6.07) is 9.75. The molecule has 0 amide bonds. The maximum absolute atomic E-state index is 3.92. The molecule has 0 bridgehead atoms. The predicted octanol–water partition coefficient (Wildman–Crippen LogP) is 4.18. The minimum Gasteiger partial charge on any atom is -0.308 e. The standard InChI is InChI=1S/C18H27IN2/c1-2-17-12-20-18(10-4-3-5-11-18)14-21(17)13-15-6-8-16(19)9-7-15/h6-9,17,20H,2-5,10-14H2,1H3. The highest BCUT2D eigenvalue weighted by Gasteiger charge is 2.39. The van der Waals surface area contributed by atoms with Gasteiger partial charge in [-0.1, -0.05) is 38.3 Å². The molecule has 1 aliphatic heterocycles. The second-order valence-electron chi connectivity index (χ2n) is 6.82. The first kappa shape index (κ1) is 15.8. The predicted molar refractivity (Wildman–Crippen MR) is 97.5 cm³/mol. The molecular weight excluding hydrogens is 371 g/mol. The van der Waals surface area contributed by atoms with Crippen LogP contribution in [0.4, 0.5) is 0 Å². The lowest BCUT2D eigenvalue weighted by Gasteiger charge is -2.49. The van der Waals surface area contributed by atoms with Gasteiger partial charge in [-0.25, -0.2) is 0 Å². The Morgan fingerprint density at radius 2 is 1.90 bits per heavy atom. The molecule has 2 aliphatic rings. The van der Waals surface area contributed by atoms with E-state index >= 15 is 0 Å². The summed E-state index contributed by atoms with van der Waals surface area (Å²) in [7, 11) is 0. The van der Waals surface area contributed by atoms with Crippen molar-refractivity contribution < 1.29 is 0 Å². The molecule has 1 spiro atoms. The summed E-state index contributed by atoms with van der Waals surface area (Å²) in [5.74, 6) is 0. The topological polar surface area (TPSA) is 15.3 Å². The Hall–Kier alpha value is -0.130. The molecule has 2 fully saturated rings. The van der Waals surface area contributed by atoms with Crippen molar-refractivity contribution in [2.45, 2.75) is 63.6 Å². The average Bonchev–Trinajstić information content (AvgIpc) is 2.51. The molecule has 1 aliphatic carbocycles. The molecule has 0 radical (unpaired) electrons. The van der Waals surface area contributed by atoms with Crippen LogP contribution in [0.3, 0.4) is 0 Å². The van der Waals surface area contributed by atoms with E-state index in [9.17, 15) is 0 Å². The number of nitrogens with one attached hydrogen (secondary N) is 1. The molecule has 116 valence electrons. The van der Waals surface area contributed by atoms with Crippen LogP contribution in [0.25, 0.3) is 0 Å². The van der Waals surface area contributed by atoms with Gasteiger partial charge in [0.25, 0.3) is 0 Å². The number of hydrogen-bond acceptors (Lipinski definition) is 2. The number of nitrogens with zero attached hydrogens (tertiary/aromatic N) is 1. The smallest absolute Gasteiger partial charge is 0.0309 e. The van der Waals surface area contributed by atoms with E-state index < -0.39 is 0 Å². The first-order chi connectivity index (χ1) is 10.2. The molecule has 1 saturated carbocycles. The Labute approximate surface area is 142 Å². The third-order valence-electron chi connectivity index (χ3n) is 5.32. The summed E-state index contributed by atoms with van der Waals surface area (Å²) in [6.07, 6.45) is 8.22. The van der Waals surface area contributed by atoms with Gasteiger partial charge < -0.3 is 5.32 Å². The van der Waals surface area contributed by atoms with Gasteiger partial charge in [-0.15, -0.1) is 0 Å². The fourth-order valence-electron chi connectivity index (χ4n) is 4.01. The van der Waals surface area contributed by atoms with Crippen LogP contribution in [0.2, 0.25) is 0 Å². The number of hydrogen-bond donors (Lipinski definition) is 1. The van der Waals surface area contributed by atoms with E-state index in [4.69, 9.17) is 0 Å². The normalized spacial score (nSPS) is 26.1. The zero-order valence-electron chi connectivity index (χ0n) is 13.1. The number of rotatable bonds is 3. The zero-order chi connectivity index (χ0) is 14.7. The van der Waals surface area contributed by atoms with E-state index in [0.717, 1.165) is 6.54 Å². The lowest BCUT2D eigenvalue weighted by molar-refractivity contribution is 0.0484. The van der Waals surface area contributed by atoms with Crippen LogP contribution < -0.4 is 5.32 Å². The third-order valence-corrected chi connectivity index (χ3v) is 6.03. The van der Waals surface area contributed by atoms with Crippen molar-refractivity contribution in [2.24, 2.45) is 0 Å². The first-order valence-electron chi connectivity index (χ1n) is 8.44. The number of piperazine rings is 1. The monoisotopic (exact) mass is 398 g/mol. The molecule has 2 nitrogen and oxygen atoms in total. The van der Waals surface area contributed by atoms with Gasteiger partial charge in [-0.05, 0) is 59.5 Å². The molecule has 21 heavy (non-hydrogen) atoms. The van der Waals surface area contributed by atoms with Gasteiger partial charge >= 0.3 is 0 Å². The Kier molecular flexibility index (Phi) is 5.23. The Morgan fingerprint density at radius 1 is 1.19 bits per heavy atom. The van der Waals surface area contributed by atoms with Gasteiger partial charge in [0.2, 0.25) is 0 Å². The lowest BCUT2D eigenvalue weighted by Crippen LogP contribution is -2.64. The zero-order valence-corrected chi connectivity index (χ0v) is 15.2. The van der Waals surface area contributed by atoms with Crippen LogP contribution in [0.1, 0.15) is 51.0 Å². The van der Waals surface area contributed by atoms with Crippen LogP contribution in [-0.2, 0) is 6.54 Å². The van der Waals surface area contributed by atoms with Crippen LogP contribution >= 0.6 is 22.6 Å². The highest BCUT2D eigenvalue weighted by Crippen LogP contribution is 2.32. The van der Waals surface area contributed by atoms with Crippen molar-refractivity contribution in [3.8, 4) is 0 Å². The quantitative estimate of drug-likeness (QED) is 0.769. The largest absolute Gasteiger partial charge is 0.308 e. The van der Waals surface area contributed by atoms with E-state index in [1.807, 2.05) is 0 Å². The third kappa shape index (κ3) is 3.80. The van der Waals surface area contributed by atoms with Crippen molar-refractivity contribution >= 4 is 22.6 Å². The first-order valence-corrected chi connectivity index (χ1v) is 9.52. The minimum atomic E-state index is 0.410. The average molecular weight is 398 g/mol. The fourth-order valence-corrected chi connectivity index (χ4v) is 4.37. The molecule has 1 N–H and O–H groups in total. The van der Waals surface area contributed by atoms with Gasteiger partial charge in [0.15, 0.2) is 0 Å². The number of halogens is 1. The summed E-state index contributed by atoms with van der Waals surface area (Å²) >= 11 is 2.39. The molecule has 1 aromatic carbocycles. The summed E-state index contributed by atoms with van der Waals surface area (Å²) in [6.45, 7) is 5.84. The molecule has 1 unspecified atom stereocenters. The summed E-state index contributed by atoms with van der Waals surface area (Å²) in [4.78, 5) is 2.74. The van der Waals surface area contributed by atoms with Crippen molar-refractivity contribution in [3.05, 3.63) is 33.4 Å². The molecule has 1 heterocycles. The molecule has 3 heteroatoms. The highest BCUT2D eigenvalue weighted by atomic mass is 127. The van der Waals surface area contributed by atoms with Gasteiger partial charge in [-0.2, -0.15) is 0 Å². The maximum Gasteiger partial charge on any atom is 0.0309 e. The fraction of sp³-hybridized carbons (Fsp3) is 0.667. The van der Waals surface area contributed by atoms with Gasteiger partial charge in [0, 0.05) is 34.8 Å². The Balaban J connectivity index is 1.71. The van der Waals surface area contributed by atoms with Crippen LogP contribution in [0, 0.1) is 3.57 Å². The summed E-state index contributed by atoms with van der Waals surface area (Å²) in [5.41, 5.74) is 1.87. The van der Waals surface area contributed by atoms with E-state index in [-0.39, 0.29) is 0 Å². The van der Waals surface area contributed by atoms with E-state index in [0.29, 0.717) is 11.6 Å². The Bertz CT molecular complexity index is 451. The van der Waals surface area contributed by atoms with Crippen LogP contribution in [0.15, 0.2) is 24.3 Å². The second-order valence-corrected chi connectivity index (χ2v) is 8.06. The molecule has 1 saturated heterocycles. The molecule has 1 atom stereocenters. The number of benzene rings is 1. The summed E-state index contributed by atoms with van der Waals surface area (Å²) in [5, 5.41) is 3.92. The van der Waals surface area contributed by atoms with E-state index in [1.54, 1.807) is 0 Å². The van der Waals surface area contributed by atoms with Gasteiger partial charge in [0.1, 0.15) is 0 Å². The van der Waals surface area contributed by atoms with Crippen molar-refractivity contribution in [1.29, 1.82) is 0 Å². The highest BCUT2D eigenvalue weighted by molar-refractivity contribution is 14.1. The van der Waals surface area contributed by atoms with Gasteiger partial charge in [-0.3, -0.25) is 4.90 Å². The minimum absolute atomic E-state index is 0.410. The summed E-state index contributed by atoms with van der Waals surface area (Å²) < 4.78 is 1.33. The SMILES string of the molecule is CCC1CNC2(CCCCC2)CN1Cc1ccc(I)cc1. The Morgan fingerprint density at radius 3 is 2.57 bits per heavy atom. The molecule has 3 rings (SSSR count). The van der Waals surface area contributed by atoms with Crippen molar-refractivity contribution in [3.63, 3.8) is 0 Å². The van der Waals surface area contributed by atoms with Gasteiger partial charge in [0.05, 0.1) is 0 Å². The van der Waals surface area contributed by atoms with Crippen LogP contribution in [-0.4, -0.2) is 29.6 Å².